The first-order valence-corrected chi connectivity index (χ1v) is 5.62. The molecule has 1 aliphatic rings. The van der Waals surface area contributed by atoms with E-state index in [0.29, 0.717) is 6.54 Å². The third-order valence-electron chi connectivity index (χ3n) is 3.22. The molecule has 15 heavy (non-hydrogen) atoms. The van der Waals surface area contributed by atoms with Gasteiger partial charge in [0.1, 0.15) is 0 Å². The van der Waals surface area contributed by atoms with Gasteiger partial charge in [-0.2, -0.15) is 0 Å². The van der Waals surface area contributed by atoms with E-state index in [0.717, 1.165) is 43.6 Å². The van der Waals surface area contributed by atoms with Crippen LogP contribution >= 0.6 is 0 Å². The van der Waals surface area contributed by atoms with Gasteiger partial charge in [0.2, 0.25) is 0 Å². The maximum Gasteiger partial charge on any atom is 0.0925 e. The maximum atomic E-state index is 10.1. The quantitative estimate of drug-likeness (QED) is 0.696. The van der Waals surface area contributed by atoms with Crippen molar-refractivity contribution >= 4 is 0 Å². The number of nitrogens with one attached hydrogen (secondary N) is 2. The Hall–Kier alpha value is -0.870. The van der Waals surface area contributed by atoms with Crippen molar-refractivity contribution in [1.29, 1.82) is 0 Å². The molecule has 0 saturated heterocycles. The van der Waals surface area contributed by atoms with Gasteiger partial charge in [-0.15, -0.1) is 0 Å². The highest BCUT2D eigenvalue weighted by molar-refractivity contribution is 5.08. The Morgan fingerprint density at radius 2 is 2.27 bits per heavy atom. The summed E-state index contributed by atoms with van der Waals surface area (Å²) < 4.78 is 0. The normalized spacial score (nSPS) is 19.6. The summed E-state index contributed by atoms with van der Waals surface area (Å²) in [6, 6.07) is 0. The summed E-state index contributed by atoms with van der Waals surface area (Å²) in [4.78, 5) is 7.25. The molecule has 2 rings (SSSR count). The minimum atomic E-state index is -0.468. The molecule has 1 aliphatic carbocycles. The van der Waals surface area contributed by atoms with Gasteiger partial charge in [0.05, 0.1) is 17.6 Å². The third-order valence-corrected chi connectivity index (χ3v) is 3.22. The van der Waals surface area contributed by atoms with Gasteiger partial charge in [0, 0.05) is 18.8 Å². The molecule has 1 fully saturated rings. The highest BCUT2D eigenvalue weighted by atomic mass is 16.3. The van der Waals surface area contributed by atoms with Crippen molar-refractivity contribution < 1.29 is 5.11 Å². The minimum absolute atomic E-state index is 0.468. The van der Waals surface area contributed by atoms with E-state index < -0.39 is 5.60 Å². The number of nitrogens with zero attached hydrogens (tertiary/aromatic N) is 1. The largest absolute Gasteiger partial charge is 0.389 e. The Labute approximate surface area is 90.1 Å². The van der Waals surface area contributed by atoms with Gasteiger partial charge in [-0.05, 0) is 19.8 Å². The van der Waals surface area contributed by atoms with Crippen LogP contribution < -0.4 is 5.32 Å². The molecule has 0 atom stereocenters. The molecule has 1 aromatic rings. The number of hydrogen-bond donors (Lipinski definition) is 3. The monoisotopic (exact) mass is 209 g/mol. The summed E-state index contributed by atoms with van der Waals surface area (Å²) in [5.41, 5.74) is 1.67. The molecule has 84 valence electrons. The average molecular weight is 209 g/mol. The topological polar surface area (TPSA) is 60.9 Å². The van der Waals surface area contributed by atoms with Crippen LogP contribution in [0.4, 0.5) is 0 Å². The van der Waals surface area contributed by atoms with Gasteiger partial charge in [0.15, 0.2) is 0 Å². The van der Waals surface area contributed by atoms with E-state index in [1.165, 1.54) is 0 Å². The average Bonchev–Trinajstić information content (AvgIpc) is 2.78. The Morgan fingerprint density at radius 1 is 1.53 bits per heavy atom. The minimum Gasteiger partial charge on any atom is -0.389 e. The molecular weight excluding hydrogens is 190 g/mol. The van der Waals surface area contributed by atoms with Crippen molar-refractivity contribution in [3.8, 4) is 0 Å². The fraction of sp³-hybridized carbons (Fsp3) is 0.727. The first-order chi connectivity index (χ1) is 7.20. The van der Waals surface area contributed by atoms with Crippen molar-refractivity contribution in [2.24, 2.45) is 0 Å². The predicted octanol–water partition coefficient (Wildman–Crippen LogP) is 1.11. The van der Waals surface area contributed by atoms with E-state index in [4.69, 9.17) is 0 Å². The number of aryl methyl sites for hydroxylation is 1. The predicted molar refractivity (Wildman–Crippen MR) is 58.4 cm³/mol. The lowest BCUT2D eigenvalue weighted by Gasteiger charge is -2.22. The second kappa shape index (κ2) is 4.33. The number of hydrogen-bond acceptors (Lipinski definition) is 3. The van der Waals surface area contributed by atoms with E-state index in [9.17, 15) is 5.11 Å². The summed E-state index contributed by atoms with van der Waals surface area (Å²) in [5.74, 6) is 0. The summed E-state index contributed by atoms with van der Waals surface area (Å²) in [5, 5.41) is 13.4. The molecule has 0 bridgehead atoms. The zero-order chi connectivity index (χ0) is 10.7. The van der Waals surface area contributed by atoms with Gasteiger partial charge in [-0.3, -0.25) is 0 Å². The summed E-state index contributed by atoms with van der Waals surface area (Å²) in [6.45, 7) is 3.42. The van der Waals surface area contributed by atoms with E-state index >= 15 is 0 Å². The third kappa shape index (κ3) is 2.58. The van der Waals surface area contributed by atoms with Crippen LogP contribution in [0.2, 0.25) is 0 Å². The highest BCUT2D eigenvalue weighted by Gasteiger charge is 2.30. The van der Waals surface area contributed by atoms with E-state index in [-0.39, 0.29) is 0 Å². The lowest BCUT2D eigenvalue weighted by molar-refractivity contribution is 0.0474. The van der Waals surface area contributed by atoms with Crippen LogP contribution in [0.3, 0.4) is 0 Å². The molecule has 3 N–H and O–H groups in total. The molecule has 0 unspecified atom stereocenters. The number of aromatic amines is 1. The standard InChI is InChI=1S/C11H19N3O/c1-9-10(14-8-13-9)6-12-7-11(15)4-2-3-5-11/h8,12,15H,2-7H2,1H3,(H,13,14). The lowest BCUT2D eigenvalue weighted by Crippen LogP contribution is -2.37. The molecule has 0 aliphatic heterocycles. The van der Waals surface area contributed by atoms with Crippen molar-refractivity contribution in [2.75, 3.05) is 6.54 Å². The van der Waals surface area contributed by atoms with Crippen LogP contribution in [0.25, 0.3) is 0 Å². The lowest BCUT2D eigenvalue weighted by atomic mass is 10.0. The second-order valence-electron chi connectivity index (χ2n) is 4.51. The Bertz CT molecular complexity index is 315. The summed E-state index contributed by atoms with van der Waals surface area (Å²) in [7, 11) is 0. The van der Waals surface area contributed by atoms with E-state index in [1.54, 1.807) is 6.33 Å². The molecule has 0 amide bonds. The van der Waals surface area contributed by atoms with Gasteiger partial charge >= 0.3 is 0 Å². The molecule has 1 heterocycles. The van der Waals surface area contributed by atoms with Gasteiger partial charge in [-0.25, -0.2) is 4.98 Å². The Balaban J connectivity index is 1.77. The number of H-pyrrole nitrogens is 1. The van der Waals surface area contributed by atoms with Crippen LogP contribution in [0.5, 0.6) is 0 Å². The molecule has 4 nitrogen and oxygen atoms in total. The maximum absolute atomic E-state index is 10.1. The van der Waals surface area contributed by atoms with Crippen molar-refractivity contribution in [1.82, 2.24) is 15.3 Å². The number of aliphatic hydroxyl groups is 1. The molecular formula is C11H19N3O. The number of rotatable bonds is 4. The van der Waals surface area contributed by atoms with Gasteiger partial charge < -0.3 is 15.4 Å². The van der Waals surface area contributed by atoms with Crippen LogP contribution in [-0.4, -0.2) is 27.2 Å². The second-order valence-corrected chi connectivity index (χ2v) is 4.51. The first-order valence-electron chi connectivity index (χ1n) is 5.62. The number of aromatic nitrogens is 2. The van der Waals surface area contributed by atoms with Gasteiger partial charge in [0.25, 0.3) is 0 Å². The zero-order valence-corrected chi connectivity index (χ0v) is 9.21. The van der Waals surface area contributed by atoms with Crippen LogP contribution in [0, 0.1) is 6.92 Å². The SMILES string of the molecule is Cc1[nH]cnc1CNCC1(O)CCCC1. The highest BCUT2D eigenvalue weighted by Crippen LogP contribution is 2.28. The van der Waals surface area contributed by atoms with Gasteiger partial charge in [-0.1, -0.05) is 12.8 Å². The van der Waals surface area contributed by atoms with Crippen LogP contribution in [0.1, 0.15) is 37.1 Å². The number of imidazole rings is 1. The molecule has 4 heteroatoms. The van der Waals surface area contributed by atoms with E-state index in [2.05, 4.69) is 15.3 Å². The molecule has 1 saturated carbocycles. The Kier molecular flexibility index (Phi) is 3.07. The fourth-order valence-corrected chi connectivity index (χ4v) is 2.19. The smallest absolute Gasteiger partial charge is 0.0925 e. The molecule has 0 radical (unpaired) electrons. The first kappa shape index (κ1) is 10.6. The molecule has 0 aromatic carbocycles. The van der Waals surface area contributed by atoms with Crippen LogP contribution in [0.15, 0.2) is 6.33 Å². The summed E-state index contributed by atoms with van der Waals surface area (Å²) in [6.07, 6.45) is 5.87. The van der Waals surface area contributed by atoms with Crippen molar-refractivity contribution in [2.45, 2.75) is 44.8 Å². The van der Waals surface area contributed by atoms with Crippen molar-refractivity contribution in [3.63, 3.8) is 0 Å². The summed E-state index contributed by atoms with van der Waals surface area (Å²) >= 11 is 0. The zero-order valence-electron chi connectivity index (χ0n) is 9.21. The molecule has 1 aromatic heterocycles. The molecule has 0 spiro atoms. The fourth-order valence-electron chi connectivity index (χ4n) is 2.19. The Morgan fingerprint density at radius 3 is 2.87 bits per heavy atom. The van der Waals surface area contributed by atoms with Crippen LogP contribution in [-0.2, 0) is 6.54 Å². The van der Waals surface area contributed by atoms with Crippen molar-refractivity contribution in [3.05, 3.63) is 17.7 Å². The van der Waals surface area contributed by atoms with E-state index in [1.807, 2.05) is 6.92 Å².